The molecule has 2 saturated carbocycles. The average molecular weight is 353 g/mol. The quantitative estimate of drug-likeness (QED) is 0.783. The highest BCUT2D eigenvalue weighted by atomic mass is 16.3. The number of aromatic nitrogens is 1. The first kappa shape index (κ1) is 17.3. The number of oxazole rings is 1. The highest BCUT2D eigenvalue weighted by Crippen LogP contribution is 2.30. The van der Waals surface area contributed by atoms with Gasteiger partial charge in [0.05, 0.1) is 6.54 Å². The molecule has 0 bridgehead atoms. The summed E-state index contributed by atoms with van der Waals surface area (Å²) >= 11 is 0. The molecule has 4 rings (SSSR count). The first-order valence-electron chi connectivity index (χ1n) is 9.66. The molecule has 1 aromatic heterocycles. The number of carbonyl (C=O) groups excluding carboxylic acids is 1. The monoisotopic (exact) mass is 353 g/mol. The van der Waals surface area contributed by atoms with Crippen LogP contribution in [0.2, 0.25) is 0 Å². The molecule has 1 heterocycles. The third-order valence-corrected chi connectivity index (χ3v) is 5.13. The fourth-order valence-corrected chi connectivity index (χ4v) is 3.14. The molecular formula is C21H27N3O2. The van der Waals surface area contributed by atoms with Gasteiger partial charge in [-0.1, -0.05) is 38.1 Å². The van der Waals surface area contributed by atoms with Crippen molar-refractivity contribution in [2.45, 2.75) is 70.6 Å². The standard InChI is InChI=1S/C21H27N3O2/c1-14(2)16-5-3-15(4-6-16)11-24(18-9-10-18)12-20-23-19(13-26-20)21(25)22-17-7-8-17/h3-6,13-14,17-18H,7-12H2,1-2H3,(H,22,25). The molecule has 2 aliphatic carbocycles. The van der Waals surface area contributed by atoms with Crippen LogP contribution in [0.15, 0.2) is 34.9 Å². The third kappa shape index (κ3) is 4.33. The summed E-state index contributed by atoms with van der Waals surface area (Å²) in [4.78, 5) is 18.9. The lowest BCUT2D eigenvalue weighted by Gasteiger charge is -2.20. The molecule has 5 nitrogen and oxygen atoms in total. The van der Waals surface area contributed by atoms with Crippen molar-refractivity contribution in [3.8, 4) is 0 Å². The van der Waals surface area contributed by atoms with Gasteiger partial charge >= 0.3 is 0 Å². The van der Waals surface area contributed by atoms with Gasteiger partial charge in [-0.05, 0) is 42.7 Å². The maximum absolute atomic E-state index is 12.1. The number of amides is 1. The molecule has 0 unspecified atom stereocenters. The SMILES string of the molecule is CC(C)c1ccc(CN(Cc2nc(C(=O)NC3CC3)co2)C2CC2)cc1. The van der Waals surface area contributed by atoms with E-state index >= 15 is 0 Å². The Bertz CT molecular complexity index is 758. The van der Waals surface area contributed by atoms with Crippen molar-refractivity contribution >= 4 is 5.91 Å². The first-order valence-corrected chi connectivity index (χ1v) is 9.66. The predicted molar refractivity (Wildman–Crippen MR) is 99.8 cm³/mol. The number of rotatable bonds is 8. The lowest BCUT2D eigenvalue weighted by molar-refractivity contribution is 0.0946. The summed E-state index contributed by atoms with van der Waals surface area (Å²) in [5, 5.41) is 2.95. The Morgan fingerprint density at radius 2 is 1.92 bits per heavy atom. The van der Waals surface area contributed by atoms with Gasteiger partial charge in [0.25, 0.3) is 5.91 Å². The fourth-order valence-electron chi connectivity index (χ4n) is 3.14. The molecule has 0 radical (unpaired) electrons. The summed E-state index contributed by atoms with van der Waals surface area (Å²) in [5.41, 5.74) is 3.06. The molecule has 26 heavy (non-hydrogen) atoms. The second-order valence-electron chi connectivity index (χ2n) is 7.91. The maximum atomic E-state index is 12.1. The lowest BCUT2D eigenvalue weighted by Crippen LogP contribution is -2.26. The molecular weight excluding hydrogens is 326 g/mol. The van der Waals surface area contributed by atoms with Crippen LogP contribution in [0.4, 0.5) is 0 Å². The second kappa shape index (κ2) is 7.23. The maximum Gasteiger partial charge on any atom is 0.273 e. The molecule has 0 atom stereocenters. The molecule has 0 aliphatic heterocycles. The summed E-state index contributed by atoms with van der Waals surface area (Å²) in [6.45, 7) is 5.96. The number of nitrogens with one attached hydrogen (secondary N) is 1. The number of hydrogen-bond acceptors (Lipinski definition) is 4. The normalized spacial score (nSPS) is 17.1. The number of hydrogen-bond donors (Lipinski definition) is 1. The van der Waals surface area contributed by atoms with Gasteiger partial charge in [-0.25, -0.2) is 4.98 Å². The van der Waals surface area contributed by atoms with E-state index in [1.807, 2.05) is 0 Å². The van der Waals surface area contributed by atoms with Crippen LogP contribution in [0, 0.1) is 0 Å². The van der Waals surface area contributed by atoms with E-state index < -0.39 is 0 Å². The van der Waals surface area contributed by atoms with E-state index in [2.05, 4.69) is 53.3 Å². The molecule has 0 spiro atoms. The Labute approximate surface area is 154 Å². The number of nitrogens with zero attached hydrogens (tertiary/aromatic N) is 2. The van der Waals surface area contributed by atoms with Crippen LogP contribution >= 0.6 is 0 Å². The molecule has 138 valence electrons. The van der Waals surface area contributed by atoms with Crippen molar-refractivity contribution in [3.05, 3.63) is 53.2 Å². The highest BCUT2D eigenvalue weighted by molar-refractivity contribution is 5.92. The summed E-state index contributed by atoms with van der Waals surface area (Å²) in [6.07, 6.45) is 6.07. The molecule has 2 aliphatic rings. The largest absolute Gasteiger partial charge is 0.447 e. The molecule has 1 amide bonds. The zero-order valence-corrected chi connectivity index (χ0v) is 15.6. The van der Waals surface area contributed by atoms with E-state index in [0.29, 0.717) is 36.1 Å². The Hall–Kier alpha value is -2.14. The van der Waals surface area contributed by atoms with E-state index in [0.717, 1.165) is 19.4 Å². The third-order valence-electron chi connectivity index (χ3n) is 5.13. The van der Waals surface area contributed by atoms with Gasteiger partial charge in [-0.15, -0.1) is 0 Å². The van der Waals surface area contributed by atoms with Crippen LogP contribution in [0.1, 0.15) is 73.0 Å². The first-order chi connectivity index (χ1) is 12.6. The fraction of sp³-hybridized carbons (Fsp3) is 0.524. The van der Waals surface area contributed by atoms with Crippen LogP contribution < -0.4 is 5.32 Å². The van der Waals surface area contributed by atoms with Crippen LogP contribution in [-0.4, -0.2) is 27.9 Å². The topological polar surface area (TPSA) is 58.4 Å². The molecule has 2 aromatic rings. The van der Waals surface area contributed by atoms with Crippen molar-refractivity contribution in [2.24, 2.45) is 0 Å². The van der Waals surface area contributed by atoms with Crippen molar-refractivity contribution in [3.63, 3.8) is 0 Å². The minimum Gasteiger partial charge on any atom is -0.447 e. The van der Waals surface area contributed by atoms with Gasteiger partial charge in [-0.3, -0.25) is 9.69 Å². The van der Waals surface area contributed by atoms with Crippen LogP contribution in [0.25, 0.3) is 0 Å². The molecule has 1 N–H and O–H groups in total. The number of benzene rings is 1. The second-order valence-corrected chi connectivity index (χ2v) is 7.91. The van der Waals surface area contributed by atoms with Gasteiger partial charge in [0, 0.05) is 18.6 Å². The van der Waals surface area contributed by atoms with Gasteiger partial charge in [0.1, 0.15) is 6.26 Å². The van der Waals surface area contributed by atoms with E-state index in [1.54, 1.807) is 0 Å². The van der Waals surface area contributed by atoms with Crippen molar-refractivity contribution in [1.82, 2.24) is 15.2 Å². The van der Waals surface area contributed by atoms with Crippen LogP contribution in [0.3, 0.4) is 0 Å². The van der Waals surface area contributed by atoms with Crippen molar-refractivity contribution in [1.29, 1.82) is 0 Å². The van der Waals surface area contributed by atoms with Crippen molar-refractivity contribution < 1.29 is 9.21 Å². The minimum atomic E-state index is -0.121. The zero-order chi connectivity index (χ0) is 18.1. The Morgan fingerprint density at radius 3 is 2.54 bits per heavy atom. The molecule has 5 heteroatoms. The Balaban J connectivity index is 1.39. The molecule has 1 aromatic carbocycles. The van der Waals surface area contributed by atoms with E-state index in [-0.39, 0.29) is 5.91 Å². The van der Waals surface area contributed by atoms with Crippen LogP contribution in [-0.2, 0) is 13.1 Å². The van der Waals surface area contributed by atoms with Crippen LogP contribution in [0.5, 0.6) is 0 Å². The van der Waals surface area contributed by atoms with E-state index in [1.165, 1.54) is 30.2 Å². The average Bonchev–Trinajstić information content (AvgIpc) is 3.55. The summed E-state index contributed by atoms with van der Waals surface area (Å²) in [6, 6.07) is 9.80. The Kier molecular flexibility index (Phi) is 4.81. The van der Waals surface area contributed by atoms with Gasteiger partial charge in [-0.2, -0.15) is 0 Å². The Morgan fingerprint density at radius 1 is 1.19 bits per heavy atom. The number of carbonyl (C=O) groups is 1. The zero-order valence-electron chi connectivity index (χ0n) is 15.6. The van der Waals surface area contributed by atoms with E-state index in [4.69, 9.17) is 4.42 Å². The molecule has 0 saturated heterocycles. The summed E-state index contributed by atoms with van der Waals surface area (Å²) in [5.74, 6) is 1.05. The van der Waals surface area contributed by atoms with Gasteiger partial charge < -0.3 is 9.73 Å². The van der Waals surface area contributed by atoms with Gasteiger partial charge in [0.15, 0.2) is 5.69 Å². The van der Waals surface area contributed by atoms with Gasteiger partial charge in [0.2, 0.25) is 5.89 Å². The van der Waals surface area contributed by atoms with E-state index in [9.17, 15) is 4.79 Å². The minimum absolute atomic E-state index is 0.121. The summed E-state index contributed by atoms with van der Waals surface area (Å²) < 4.78 is 5.57. The highest BCUT2D eigenvalue weighted by Gasteiger charge is 2.30. The molecule has 2 fully saturated rings. The smallest absolute Gasteiger partial charge is 0.273 e. The summed E-state index contributed by atoms with van der Waals surface area (Å²) in [7, 11) is 0. The lowest BCUT2D eigenvalue weighted by atomic mass is 10.0. The predicted octanol–water partition coefficient (Wildman–Crippen LogP) is 3.85. The van der Waals surface area contributed by atoms with Crippen molar-refractivity contribution in [2.75, 3.05) is 0 Å².